The van der Waals surface area contributed by atoms with Gasteiger partial charge in [-0.3, -0.25) is 14.9 Å². The number of hydrogen-bond donors (Lipinski definition) is 2. The standard InChI is InChI=1S/C13H15N3O3/c1-2-19-13(18)10-5-9(6-14)12(16-10)8-3-4-11(17)15-7-8/h3-4,7,9-10,12,16H,2,5H2,1H3,(H,15,17). The molecule has 0 bridgehead atoms. The first-order chi connectivity index (χ1) is 9.15. The molecule has 1 aromatic rings. The molecule has 2 heterocycles. The van der Waals surface area contributed by atoms with Crippen LogP contribution < -0.4 is 10.9 Å². The van der Waals surface area contributed by atoms with Gasteiger partial charge in [-0.2, -0.15) is 5.26 Å². The fraction of sp³-hybridized carbons (Fsp3) is 0.462. The number of hydrogen-bond acceptors (Lipinski definition) is 5. The van der Waals surface area contributed by atoms with E-state index in [0.29, 0.717) is 13.0 Å². The van der Waals surface area contributed by atoms with Crippen molar-refractivity contribution in [3.63, 3.8) is 0 Å². The van der Waals surface area contributed by atoms with Crippen molar-refractivity contribution in [2.24, 2.45) is 5.92 Å². The smallest absolute Gasteiger partial charge is 0.323 e. The number of pyridine rings is 1. The molecule has 6 heteroatoms. The number of nitrogens with zero attached hydrogens (tertiary/aromatic N) is 1. The highest BCUT2D eigenvalue weighted by Gasteiger charge is 2.39. The summed E-state index contributed by atoms with van der Waals surface area (Å²) in [5, 5.41) is 12.3. The lowest BCUT2D eigenvalue weighted by Gasteiger charge is -2.14. The molecule has 2 rings (SSSR count). The van der Waals surface area contributed by atoms with Crippen LogP contribution in [0.15, 0.2) is 23.1 Å². The maximum absolute atomic E-state index is 11.7. The molecule has 100 valence electrons. The highest BCUT2D eigenvalue weighted by Crippen LogP contribution is 2.32. The molecule has 0 amide bonds. The number of esters is 1. The average molecular weight is 261 g/mol. The third kappa shape index (κ3) is 2.83. The molecule has 2 N–H and O–H groups in total. The minimum atomic E-state index is -0.471. The number of H-pyrrole nitrogens is 1. The Kier molecular flexibility index (Phi) is 3.97. The van der Waals surface area contributed by atoms with Crippen LogP contribution in [0.2, 0.25) is 0 Å². The van der Waals surface area contributed by atoms with Crippen LogP contribution in [0.5, 0.6) is 0 Å². The molecule has 3 unspecified atom stereocenters. The molecule has 6 nitrogen and oxygen atoms in total. The molecule has 1 aliphatic rings. The van der Waals surface area contributed by atoms with E-state index in [1.165, 1.54) is 6.07 Å². The van der Waals surface area contributed by atoms with Crippen LogP contribution in [0.3, 0.4) is 0 Å². The Balaban J connectivity index is 2.17. The van der Waals surface area contributed by atoms with Crippen molar-refractivity contribution in [1.82, 2.24) is 10.3 Å². The Bertz CT molecular complexity index is 540. The number of rotatable bonds is 3. The summed E-state index contributed by atoms with van der Waals surface area (Å²) in [4.78, 5) is 25.3. The van der Waals surface area contributed by atoms with Crippen LogP contribution in [-0.2, 0) is 9.53 Å². The van der Waals surface area contributed by atoms with Gasteiger partial charge in [0, 0.05) is 12.3 Å². The normalized spacial score (nSPS) is 25.8. The van der Waals surface area contributed by atoms with Gasteiger partial charge in [-0.15, -0.1) is 0 Å². The predicted molar refractivity (Wildman–Crippen MR) is 67.1 cm³/mol. The Labute approximate surface area is 110 Å². The molecule has 0 aromatic carbocycles. The second kappa shape index (κ2) is 5.67. The van der Waals surface area contributed by atoms with E-state index in [1.807, 2.05) is 0 Å². The molecule has 1 aliphatic heterocycles. The molecule has 1 aromatic heterocycles. The number of aromatic amines is 1. The van der Waals surface area contributed by atoms with Gasteiger partial charge in [0.1, 0.15) is 6.04 Å². The lowest BCUT2D eigenvalue weighted by atomic mass is 9.96. The minimum absolute atomic E-state index is 0.197. The van der Waals surface area contributed by atoms with Crippen LogP contribution in [0.4, 0.5) is 0 Å². The molecule has 0 spiro atoms. The topological polar surface area (TPSA) is 95.0 Å². The molecule has 19 heavy (non-hydrogen) atoms. The zero-order chi connectivity index (χ0) is 13.8. The number of carbonyl (C=O) groups is 1. The molecule has 3 atom stereocenters. The van der Waals surface area contributed by atoms with Crippen LogP contribution in [-0.4, -0.2) is 23.6 Å². The lowest BCUT2D eigenvalue weighted by Crippen LogP contribution is -2.33. The summed E-state index contributed by atoms with van der Waals surface area (Å²) in [6.07, 6.45) is 1.98. The van der Waals surface area contributed by atoms with Gasteiger partial charge < -0.3 is 9.72 Å². The fourth-order valence-corrected chi connectivity index (χ4v) is 2.27. The van der Waals surface area contributed by atoms with E-state index in [4.69, 9.17) is 10.00 Å². The number of ether oxygens (including phenoxy) is 1. The molecular formula is C13H15N3O3. The van der Waals surface area contributed by atoms with Crippen molar-refractivity contribution in [3.8, 4) is 6.07 Å². The van der Waals surface area contributed by atoms with Gasteiger partial charge in [0.25, 0.3) is 0 Å². The second-order valence-electron chi connectivity index (χ2n) is 4.41. The Morgan fingerprint density at radius 3 is 2.95 bits per heavy atom. The largest absolute Gasteiger partial charge is 0.465 e. The van der Waals surface area contributed by atoms with Gasteiger partial charge in [-0.25, -0.2) is 0 Å². The van der Waals surface area contributed by atoms with Crippen molar-refractivity contribution < 1.29 is 9.53 Å². The number of carbonyl (C=O) groups excluding carboxylic acids is 1. The maximum Gasteiger partial charge on any atom is 0.323 e. The summed E-state index contributed by atoms with van der Waals surface area (Å²) in [7, 11) is 0. The summed E-state index contributed by atoms with van der Waals surface area (Å²) in [5.41, 5.74) is 0.593. The van der Waals surface area contributed by atoms with Gasteiger partial charge in [-0.05, 0) is 18.9 Å². The van der Waals surface area contributed by atoms with E-state index >= 15 is 0 Å². The quantitative estimate of drug-likeness (QED) is 0.772. The molecular weight excluding hydrogens is 246 g/mol. The molecule has 0 radical (unpaired) electrons. The highest BCUT2D eigenvalue weighted by atomic mass is 16.5. The molecule has 1 fully saturated rings. The molecule has 0 aliphatic carbocycles. The van der Waals surface area contributed by atoms with Crippen molar-refractivity contribution >= 4 is 5.97 Å². The zero-order valence-corrected chi connectivity index (χ0v) is 10.6. The Morgan fingerprint density at radius 2 is 2.37 bits per heavy atom. The third-order valence-corrected chi connectivity index (χ3v) is 3.18. The monoisotopic (exact) mass is 261 g/mol. The third-order valence-electron chi connectivity index (χ3n) is 3.18. The number of aromatic nitrogens is 1. The molecule has 0 saturated carbocycles. The number of nitriles is 1. The summed E-state index contributed by atoms with van der Waals surface area (Å²) >= 11 is 0. The van der Waals surface area contributed by atoms with Gasteiger partial charge in [0.05, 0.1) is 24.6 Å². The maximum atomic E-state index is 11.7. The Hall–Kier alpha value is -2.13. The minimum Gasteiger partial charge on any atom is -0.465 e. The summed E-state index contributed by atoms with van der Waals surface area (Å²) < 4.78 is 4.95. The number of nitrogens with one attached hydrogen (secondary N) is 2. The average Bonchev–Trinajstić information content (AvgIpc) is 2.84. The van der Waals surface area contributed by atoms with Gasteiger partial charge in [0.2, 0.25) is 5.56 Å². The van der Waals surface area contributed by atoms with Crippen molar-refractivity contribution in [1.29, 1.82) is 5.26 Å². The first kappa shape index (κ1) is 13.3. The van der Waals surface area contributed by atoms with Crippen molar-refractivity contribution in [2.75, 3.05) is 6.61 Å². The van der Waals surface area contributed by atoms with E-state index in [2.05, 4.69) is 16.4 Å². The SMILES string of the molecule is CCOC(=O)C1CC(C#N)C(c2ccc(=O)[nH]c2)N1. The fourth-order valence-electron chi connectivity index (χ4n) is 2.27. The second-order valence-corrected chi connectivity index (χ2v) is 4.41. The first-order valence-corrected chi connectivity index (χ1v) is 6.16. The van der Waals surface area contributed by atoms with E-state index in [1.54, 1.807) is 19.2 Å². The van der Waals surface area contributed by atoms with E-state index < -0.39 is 6.04 Å². The van der Waals surface area contributed by atoms with Gasteiger partial charge in [-0.1, -0.05) is 6.07 Å². The lowest BCUT2D eigenvalue weighted by molar-refractivity contribution is -0.145. The van der Waals surface area contributed by atoms with E-state index in [-0.39, 0.29) is 23.5 Å². The highest BCUT2D eigenvalue weighted by molar-refractivity contribution is 5.76. The van der Waals surface area contributed by atoms with Crippen molar-refractivity contribution in [3.05, 3.63) is 34.2 Å². The van der Waals surface area contributed by atoms with Crippen LogP contribution in [0.1, 0.15) is 24.9 Å². The predicted octanol–water partition coefficient (Wildman–Crippen LogP) is 0.481. The van der Waals surface area contributed by atoms with E-state index in [0.717, 1.165) is 5.56 Å². The van der Waals surface area contributed by atoms with Crippen molar-refractivity contribution in [2.45, 2.75) is 25.4 Å². The summed E-state index contributed by atoms with van der Waals surface area (Å²) in [5.74, 6) is -0.657. The van der Waals surface area contributed by atoms with E-state index in [9.17, 15) is 9.59 Å². The van der Waals surface area contributed by atoms with Gasteiger partial charge in [0.15, 0.2) is 0 Å². The van der Waals surface area contributed by atoms with Crippen LogP contribution >= 0.6 is 0 Å². The van der Waals surface area contributed by atoms with Crippen LogP contribution in [0.25, 0.3) is 0 Å². The van der Waals surface area contributed by atoms with Gasteiger partial charge >= 0.3 is 5.97 Å². The zero-order valence-electron chi connectivity index (χ0n) is 10.6. The first-order valence-electron chi connectivity index (χ1n) is 6.16. The molecule has 1 saturated heterocycles. The summed E-state index contributed by atoms with van der Waals surface area (Å²) in [6, 6.07) is 4.52. The Morgan fingerprint density at radius 1 is 1.58 bits per heavy atom. The summed E-state index contributed by atoms with van der Waals surface area (Å²) in [6.45, 7) is 2.06. The van der Waals surface area contributed by atoms with Crippen LogP contribution in [0, 0.1) is 17.2 Å².